The van der Waals surface area contributed by atoms with Crippen LogP contribution in [0.5, 0.6) is 0 Å². The van der Waals surface area contributed by atoms with E-state index in [0.29, 0.717) is 0 Å². The van der Waals surface area contributed by atoms with Crippen LogP contribution in [-0.2, 0) is 13.0 Å². The smallest absolute Gasteiger partial charge is 0.0459 e. The van der Waals surface area contributed by atoms with Crippen LogP contribution in [-0.4, -0.2) is 22.5 Å². The Morgan fingerprint density at radius 1 is 1.05 bits per heavy atom. The molecule has 1 saturated carbocycles. The van der Waals surface area contributed by atoms with Crippen LogP contribution < -0.4 is 0 Å². The van der Waals surface area contributed by atoms with E-state index in [9.17, 15) is 0 Å². The Morgan fingerprint density at radius 3 is 2.79 bits per heavy atom. The van der Waals surface area contributed by atoms with Crippen LogP contribution in [0, 0.1) is 0 Å². The lowest BCUT2D eigenvalue weighted by atomic mass is 9.92. The normalized spacial score (nSPS) is 21.7. The second kappa shape index (κ2) is 4.68. The maximum absolute atomic E-state index is 3.61. The van der Waals surface area contributed by atoms with E-state index < -0.39 is 0 Å². The predicted octanol–water partition coefficient (Wildman–Crippen LogP) is 3.86. The standard InChI is InChI=1S/C17H22N2/c1-2-6-13(7-3-1)19-11-10-17-15(12-19)14-8-4-5-9-16(14)18-17/h4-5,8-9,13,18H,1-3,6-7,10-12H2. The third-order valence-electron chi connectivity index (χ3n) is 5.00. The number of fused-ring (bicyclic) bond motifs is 3. The topological polar surface area (TPSA) is 19.0 Å². The van der Waals surface area contributed by atoms with Crippen molar-refractivity contribution in [2.45, 2.75) is 51.1 Å². The summed E-state index contributed by atoms with van der Waals surface area (Å²) >= 11 is 0. The molecule has 0 amide bonds. The summed E-state index contributed by atoms with van der Waals surface area (Å²) < 4.78 is 0. The van der Waals surface area contributed by atoms with Gasteiger partial charge in [0.25, 0.3) is 0 Å². The molecule has 2 heterocycles. The Kier molecular flexibility index (Phi) is 2.84. The van der Waals surface area contributed by atoms with Gasteiger partial charge < -0.3 is 4.98 Å². The van der Waals surface area contributed by atoms with Gasteiger partial charge in [0.15, 0.2) is 0 Å². The zero-order valence-corrected chi connectivity index (χ0v) is 11.5. The van der Waals surface area contributed by atoms with E-state index in [2.05, 4.69) is 34.1 Å². The molecule has 1 N–H and O–H groups in total. The molecule has 1 fully saturated rings. The molecule has 100 valence electrons. The zero-order chi connectivity index (χ0) is 12.7. The first-order valence-electron chi connectivity index (χ1n) is 7.74. The Labute approximate surface area is 114 Å². The zero-order valence-electron chi connectivity index (χ0n) is 11.5. The summed E-state index contributed by atoms with van der Waals surface area (Å²) in [5.41, 5.74) is 4.36. The van der Waals surface area contributed by atoms with Gasteiger partial charge in [-0.15, -0.1) is 0 Å². The molecule has 4 rings (SSSR count). The van der Waals surface area contributed by atoms with E-state index in [1.807, 2.05) is 0 Å². The molecule has 1 aliphatic carbocycles. The van der Waals surface area contributed by atoms with Crippen molar-refractivity contribution in [3.05, 3.63) is 35.5 Å². The maximum atomic E-state index is 3.61. The van der Waals surface area contributed by atoms with Gasteiger partial charge in [-0.05, 0) is 24.5 Å². The lowest BCUT2D eigenvalue weighted by molar-refractivity contribution is 0.141. The molecule has 0 atom stereocenters. The van der Waals surface area contributed by atoms with E-state index in [4.69, 9.17) is 0 Å². The maximum Gasteiger partial charge on any atom is 0.0459 e. The average molecular weight is 254 g/mol. The minimum Gasteiger partial charge on any atom is -0.358 e. The van der Waals surface area contributed by atoms with Crippen LogP contribution in [0.25, 0.3) is 10.9 Å². The van der Waals surface area contributed by atoms with Crippen molar-refractivity contribution in [2.75, 3.05) is 6.54 Å². The highest BCUT2D eigenvalue weighted by molar-refractivity contribution is 5.84. The van der Waals surface area contributed by atoms with Crippen molar-refractivity contribution >= 4 is 10.9 Å². The molecule has 0 spiro atoms. The van der Waals surface area contributed by atoms with Gasteiger partial charge in [-0.1, -0.05) is 37.5 Å². The van der Waals surface area contributed by atoms with Gasteiger partial charge in [-0.3, -0.25) is 4.90 Å². The summed E-state index contributed by atoms with van der Waals surface area (Å²) in [7, 11) is 0. The van der Waals surface area contributed by atoms with Gasteiger partial charge in [0.05, 0.1) is 0 Å². The second-order valence-corrected chi connectivity index (χ2v) is 6.14. The molecule has 1 aliphatic heterocycles. The van der Waals surface area contributed by atoms with Crippen LogP contribution >= 0.6 is 0 Å². The highest BCUT2D eigenvalue weighted by atomic mass is 15.2. The fourth-order valence-electron chi connectivity index (χ4n) is 3.95. The molecule has 0 saturated heterocycles. The lowest BCUT2D eigenvalue weighted by Gasteiger charge is -2.36. The second-order valence-electron chi connectivity index (χ2n) is 6.14. The van der Waals surface area contributed by atoms with Crippen molar-refractivity contribution in [3.63, 3.8) is 0 Å². The van der Waals surface area contributed by atoms with E-state index in [1.165, 1.54) is 61.7 Å². The molecule has 19 heavy (non-hydrogen) atoms. The first kappa shape index (κ1) is 11.5. The number of hydrogen-bond acceptors (Lipinski definition) is 1. The Hall–Kier alpha value is -1.28. The van der Waals surface area contributed by atoms with Crippen molar-refractivity contribution in [1.29, 1.82) is 0 Å². The number of H-pyrrole nitrogens is 1. The molecule has 1 aromatic carbocycles. The van der Waals surface area contributed by atoms with Gasteiger partial charge in [-0.25, -0.2) is 0 Å². The molecule has 0 unspecified atom stereocenters. The third-order valence-corrected chi connectivity index (χ3v) is 5.00. The number of aromatic amines is 1. The van der Waals surface area contributed by atoms with Crippen molar-refractivity contribution in [3.8, 4) is 0 Å². The number of nitrogens with zero attached hydrogens (tertiary/aromatic N) is 1. The van der Waals surface area contributed by atoms with E-state index in [-0.39, 0.29) is 0 Å². The van der Waals surface area contributed by atoms with Crippen LogP contribution in [0.1, 0.15) is 43.4 Å². The molecule has 2 nitrogen and oxygen atoms in total. The minimum atomic E-state index is 0.843. The molecular weight excluding hydrogens is 232 g/mol. The van der Waals surface area contributed by atoms with Crippen LogP contribution in [0.15, 0.2) is 24.3 Å². The van der Waals surface area contributed by atoms with E-state index in [0.717, 1.165) is 12.6 Å². The summed E-state index contributed by atoms with van der Waals surface area (Å²) in [6.07, 6.45) is 8.34. The van der Waals surface area contributed by atoms with E-state index >= 15 is 0 Å². The van der Waals surface area contributed by atoms with Crippen molar-refractivity contribution < 1.29 is 0 Å². The van der Waals surface area contributed by atoms with Gasteiger partial charge in [0, 0.05) is 42.1 Å². The quantitative estimate of drug-likeness (QED) is 0.818. The van der Waals surface area contributed by atoms with Crippen molar-refractivity contribution in [2.24, 2.45) is 0 Å². The number of nitrogens with one attached hydrogen (secondary N) is 1. The Bertz CT molecular complexity index is 578. The van der Waals surface area contributed by atoms with E-state index in [1.54, 1.807) is 5.56 Å². The highest BCUT2D eigenvalue weighted by Gasteiger charge is 2.26. The minimum absolute atomic E-state index is 0.843. The predicted molar refractivity (Wildman–Crippen MR) is 79.3 cm³/mol. The molecule has 0 radical (unpaired) electrons. The Morgan fingerprint density at radius 2 is 1.89 bits per heavy atom. The largest absolute Gasteiger partial charge is 0.358 e. The molecule has 2 aliphatic rings. The van der Waals surface area contributed by atoms with Crippen LogP contribution in [0.2, 0.25) is 0 Å². The first-order chi connectivity index (χ1) is 9.42. The summed E-state index contributed by atoms with van der Waals surface area (Å²) in [4.78, 5) is 6.35. The fraction of sp³-hybridized carbons (Fsp3) is 0.529. The highest BCUT2D eigenvalue weighted by Crippen LogP contribution is 2.31. The number of para-hydroxylation sites is 1. The van der Waals surface area contributed by atoms with Gasteiger partial charge in [0.1, 0.15) is 0 Å². The average Bonchev–Trinajstić information content (AvgIpc) is 2.86. The molecule has 1 aromatic heterocycles. The number of benzene rings is 1. The SMILES string of the molecule is c1ccc2c3c([nH]c2c1)CCN(C1CCCCC1)C3. The molecule has 2 aromatic rings. The van der Waals surface area contributed by atoms with Gasteiger partial charge in [0.2, 0.25) is 0 Å². The third kappa shape index (κ3) is 1.99. The van der Waals surface area contributed by atoms with Crippen LogP contribution in [0.4, 0.5) is 0 Å². The summed E-state index contributed by atoms with van der Waals surface area (Å²) in [5.74, 6) is 0. The molecular formula is C17H22N2. The number of rotatable bonds is 1. The first-order valence-corrected chi connectivity index (χ1v) is 7.74. The molecule has 2 heteroatoms. The number of hydrogen-bond donors (Lipinski definition) is 1. The van der Waals surface area contributed by atoms with Crippen LogP contribution in [0.3, 0.4) is 0 Å². The van der Waals surface area contributed by atoms with Gasteiger partial charge in [-0.2, -0.15) is 0 Å². The fourth-order valence-corrected chi connectivity index (χ4v) is 3.95. The molecule has 0 bridgehead atoms. The Balaban J connectivity index is 1.65. The number of aromatic nitrogens is 1. The summed E-state index contributed by atoms with van der Waals surface area (Å²) in [6, 6.07) is 9.61. The summed E-state index contributed by atoms with van der Waals surface area (Å²) in [5, 5.41) is 1.44. The van der Waals surface area contributed by atoms with Crippen molar-refractivity contribution in [1.82, 2.24) is 9.88 Å². The van der Waals surface area contributed by atoms with Gasteiger partial charge >= 0.3 is 0 Å². The lowest BCUT2D eigenvalue weighted by Crippen LogP contribution is -2.40. The summed E-state index contributed by atoms with van der Waals surface area (Å²) in [6.45, 7) is 2.40. The monoisotopic (exact) mass is 254 g/mol.